The Balaban J connectivity index is 2.42. The van der Waals surface area contributed by atoms with Crippen molar-refractivity contribution in [1.82, 2.24) is 0 Å². The van der Waals surface area contributed by atoms with E-state index in [4.69, 9.17) is 16.7 Å². The van der Waals surface area contributed by atoms with Crippen molar-refractivity contribution in [2.75, 3.05) is 17.6 Å². The van der Waals surface area contributed by atoms with Gasteiger partial charge < -0.3 is 16.8 Å². The highest BCUT2D eigenvalue weighted by atomic mass is 32.1. The molecule has 0 atom stereocenters. The van der Waals surface area contributed by atoms with Gasteiger partial charge in [-0.25, -0.2) is 0 Å². The van der Waals surface area contributed by atoms with Gasteiger partial charge in [-0.2, -0.15) is 5.26 Å². The van der Waals surface area contributed by atoms with Crippen molar-refractivity contribution >= 4 is 27.9 Å². The van der Waals surface area contributed by atoms with Crippen LogP contribution in [0.1, 0.15) is 61.2 Å². The molecule has 0 spiro atoms. The van der Waals surface area contributed by atoms with Crippen LogP contribution in [-0.4, -0.2) is 12.5 Å². The summed E-state index contributed by atoms with van der Waals surface area (Å²) in [4.78, 5) is 11.7. The van der Waals surface area contributed by atoms with Gasteiger partial charge in [-0.15, -0.1) is 11.3 Å². The number of carbonyl (C=O) groups is 1. The number of amides is 1. The summed E-state index contributed by atoms with van der Waals surface area (Å²) in [5, 5.41) is 12.7. The minimum atomic E-state index is -0.593. The highest BCUT2D eigenvalue weighted by Gasteiger charge is 2.19. The predicted octanol–water partition coefficient (Wildman–Crippen LogP) is 3.32. The SMILES string of the molecule is CC(C)CCCCCCNc1sc(C#N)c(N)c1C(N)=O. The van der Waals surface area contributed by atoms with Gasteiger partial charge in [-0.1, -0.05) is 39.5 Å². The minimum Gasteiger partial charge on any atom is -0.396 e. The zero-order valence-corrected chi connectivity index (χ0v) is 13.6. The number of primary amides is 1. The van der Waals surface area contributed by atoms with Gasteiger partial charge in [0.25, 0.3) is 5.91 Å². The third-order valence-electron chi connectivity index (χ3n) is 3.29. The van der Waals surface area contributed by atoms with E-state index in [1.165, 1.54) is 30.6 Å². The van der Waals surface area contributed by atoms with Gasteiger partial charge in [0, 0.05) is 6.54 Å². The topological polar surface area (TPSA) is 105 Å². The Morgan fingerprint density at radius 3 is 2.57 bits per heavy atom. The first-order chi connectivity index (χ1) is 9.97. The molecule has 0 unspecified atom stereocenters. The second kappa shape index (κ2) is 8.53. The third-order valence-corrected chi connectivity index (χ3v) is 4.35. The number of hydrogen-bond acceptors (Lipinski definition) is 5. The number of unbranched alkanes of at least 4 members (excludes halogenated alkanes) is 3. The van der Waals surface area contributed by atoms with Gasteiger partial charge in [0.15, 0.2) is 0 Å². The maximum absolute atomic E-state index is 11.4. The number of thiophene rings is 1. The fourth-order valence-electron chi connectivity index (χ4n) is 2.13. The normalized spacial score (nSPS) is 10.6. The lowest BCUT2D eigenvalue weighted by Gasteiger charge is -2.07. The first kappa shape index (κ1) is 17.3. The number of hydrogen-bond donors (Lipinski definition) is 3. The molecule has 0 saturated carbocycles. The van der Waals surface area contributed by atoms with Crippen molar-refractivity contribution in [2.24, 2.45) is 11.7 Å². The minimum absolute atomic E-state index is 0.189. The molecule has 6 heteroatoms. The number of nitrogens with zero attached hydrogens (tertiary/aromatic N) is 1. The molecule has 0 aliphatic rings. The van der Waals surface area contributed by atoms with Gasteiger partial charge in [0.2, 0.25) is 0 Å². The molecule has 1 amide bonds. The quantitative estimate of drug-likeness (QED) is 0.608. The number of nitrogens with two attached hydrogens (primary N) is 2. The van der Waals surface area contributed by atoms with Crippen LogP contribution in [0.5, 0.6) is 0 Å². The van der Waals surface area contributed by atoms with Gasteiger partial charge in [0.05, 0.1) is 11.3 Å². The molecule has 116 valence electrons. The smallest absolute Gasteiger partial charge is 0.253 e. The fourth-order valence-corrected chi connectivity index (χ4v) is 3.08. The number of anilines is 2. The van der Waals surface area contributed by atoms with Crippen LogP contribution in [0, 0.1) is 17.2 Å². The van der Waals surface area contributed by atoms with Crippen molar-refractivity contribution in [1.29, 1.82) is 5.26 Å². The van der Waals surface area contributed by atoms with Crippen molar-refractivity contribution in [3.05, 3.63) is 10.4 Å². The third kappa shape index (κ3) is 5.27. The van der Waals surface area contributed by atoms with E-state index in [-0.39, 0.29) is 11.3 Å². The Bertz CT molecular complexity index is 516. The van der Waals surface area contributed by atoms with Gasteiger partial charge >= 0.3 is 0 Å². The number of nitriles is 1. The second-order valence-electron chi connectivity index (χ2n) is 5.55. The standard InChI is InChI=1S/C15H24N4OS/c1-10(2)7-5-3-4-6-8-19-15-12(14(18)20)13(17)11(9-16)21-15/h10,19H,3-8,17H2,1-2H3,(H2,18,20). The molecule has 5 nitrogen and oxygen atoms in total. The van der Waals surface area contributed by atoms with E-state index in [0.717, 1.165) is 25.3 Å². The lowest BCUT2D eigenvalue weighted by atomic mass is 10.0. The van der Waals surface area contributed by atoms with E-state index in [9.17, 15) is 4.79 Å². The summed E-state index contributed by atoms with van der Waals surface area (Å²) in [6.45, 7) is 5.23. The molecule has 1 aromatic heterocycles. The van der Waals surface area contributed by atoms with Crippen LogP contribution in [0.3, 0.4) is 0 Å². The average Bonchev–Trinajstić information content (AvgIpc) is 2.73. The number of nitrogens with one attached hydrogen (secondary N) is 1. The molecule has 1 aromatic rings. The number of carbonyl (C=O) groups excluding carboxylic acids is 1. The summed E-state index contributed by atoms with van der Waals surface area (Å²) in [7, 11) is 0. The van der Waals surface area contributed by atoms with Crippen LogP contribution in [0.4, 0.5) is 10.7 Å². The van der Waals surface area contributed by atoms with Crippen LogP contribution in [0.2, 0.25) is 0 Å². The van der Waals surface area contributed by atoms with Crippen LogP contribution in [0.15, 0.2) is 0 Å². The monoisotopic (exact) mass is 308 g/mol. The van der Waals surface area contributed by atoms with Crippen molar-refractivity contribution < 1.29 is 4.79 Å². The largest absolute Gasteiger partial charge is 0.396 e. The highest BCUT2D eigenvalue weighted by molar-refractivity contribution is 7.17. The maximum atomic E-state index is 11.4. The lowest BCUT2D eigenvalue weighted by molar-refractivity contribution is 0.100. The molecule has 0 saturated heterocycles. The molecule has 0 aliphatic heterocycles. The zero-order chi connectivity index (χ0) is 15.8. The zero-order valence-electron chi connectivity index (χ0n) is 12.7. The van der Waals surface area contributed by atoms with Crippen molar-refractivity contribution in [3.8, 4) is 6.07 Å². The van der Waals surface area contributed by atoms with E-state index < -0.39 is 5.91 Å². The van der Waals surface area contributed by atoms with Crippen molar-refractivity contribution in [2.45, 2.75) is 46.0 Å². The Kier molecular flexibility index (Phi) is 7.03. The van der Waals surface area contributed by atoms with E-state index in [0.29, 0.717) is 9.88 Å². The van der Waals surface area contributed by atoms with Gasteiger partial charge in [0.1, 0.15) is 15.9 Å². The first-order valence-corrected chi connectivity index (χ1v) is 8.15. The summed E-state index contributed by atoms with van der Waals surface area (Å²) in [6, 6.07) is 1.99. The maximum Gasteiger partial charge on any atom is 0.253 e. The molecule has 0 bridgehead atoms. The molecule has 5 N–H and O–H groups in total. The summed E-state index contributed by atoms with van der Waals surface area (Å²) in [5.74, 6) is 0.171. The molecule has 0 aromatic carbocycles. The van der Waals surface area contributed by atoms with E-state index in [1.807, 2.05) is 6.07 Å². The lowest BCUT2D eigenvalue weighted by Crippen LogP contribution is -2.15. The molecule has 0 radical (unpaired) electrons. The summed E-state index contributed by atoms with van der Waals surface area (Å²) in [5.41, 5.74) is 11.5. The van der Waals surface area contributed by atoms with Crippen molar-refractivity contribution in [3.63, 3.8) is 0 Å². The number of nitrogen functional groups attached to an aromatic ring is 1. The van der Waals surface area contributed by atoms with E-state index in [1.54, 1.807) is 0 Å². The molecule has 1 heterocycles. The van der Waals surface area contributed by atoms with E-state index in [2.05, 4.69) is 19.2 Å². The second-order valence-corrected chi connectivity index (χ2v) is 6.57. The molecule has 0 fully saturated rings. The Hall–Kier alpha value is -1.74. The van der Waals surface area contributed by atoms with Gasteiger partial charge in [-0.05, 0) is 12.3 Å². The molecule has 0 aliphatic carbocycles. The predicted molar refractivity (Wildman–Crippen MR) is 88.4 cm³/mol. The summed E-state index contributed by atoms with van der Waals surface area (Å²) < 4.78 is 0. The average molecular weight is 308 g/mol. The van der Waals surface area contributed by atoms with Crippen LogP contribution in [-0.2, 0) is 0 Å². The summed E-state index contributed by atoms with van der Waals surface area (Å²) >= 11 is 1.19. The van der Waals surface area contributed by atoms with Crippen LogP contribution >= 0.6 is 11.3 Å². The Morgan fingerprint density at radius 2 is 2.00 bits per heavy atom. The molecular weight excluding hydrogens is 284 g/mol. The van der Waals surface area contributed by atoms with Crippen LogP contribution in [0.25, 0.3) is 0 Å². The molecular formula is C15H24N4OS. The van der Waals surface area contributed by atoms with E-state index >= 15 is 0 Å². The Labute approximate surface area is 130 Å². The first-order valence-electron chi connectivity index (χ1n) is 7.33. The molecule has 1 rings (SSSR count). The number of rotatable bonds is 9. The van der Waals surface area contributed by atoms with Crippen LogP contribution < -0.4 is 16.8 Å². The van der Waals surface area contributed by atoms with Gasteiger partial charge in [-0.3, -0.25) is 4.79 Å². The Morgan fingerprint density at radius 1 is 1.33 bits per heavy atom. The summed E-state index contributed by atoms with van der Waals surface area (Å²) in [6.07, 6.45) is 5.92. The fraction of sp³-hybridized carbons (Fsp3) is 0.600. The highest BCUT2D eigenvalue weighted by Crippen LogP contribution is 2.34. The molecule has 21 heavy (non-hydrogen) atoms.